The van der Waals surface area contributed by atoms with Crippen molar-refractivity contribution >= 4 is 17.5 Å². The maximum atomic E-state index is 11.8. The minimum Gasteiger partial charge on any atom is -0.388 e. The van der Waals surface area contributed by atoms with Crippen LogP contribution in [0, 0.1) is 0 Å². The first kappa shape index (κ1) is 13.2. The van der Waals surface area contributed by atoms with E-state index >= 15 is 0 Å². The van der Waals surface area contributed by atoms with Gasteiger partial charge in [0.15, 0.2) is 10.8 Å². The minimum absolute atomic E-state index is 0.207. The van der Waals surface area contributed by atoms with Crippen LogP contribution in [-0.2, 0) is 0 Å². The molecule has 98 valence electrons. The van der Waals surface area contributed by atoms with Crippen molar-refractivity contribution in [2.45, 2.75) is 37.7 Å². The first-order valence-electron chi connectivity index (χ1n) is 6.09. The number of nitrogens with one attached hydrogen (secondary N) is 1. The lowest BCUT2D eigenvalue weighted by Crippen LogP contribution is -2.44. The minimum atomic E-state index is -0.770. The van der Waals surface area contributed by atoms with Crippen molar-refractivity contribution < 1.29 is 9.90 Å². The maximum Gasteiger partial charge on any atom is 0.271 e. The van der Waals surface area contributed by atoms with Crippen LogP contribution in [0.25, 0.3) is 0 Å². The van der Waals surface area contributed by atoms with Crippen LogP contribution in [0.15, 0.2) is 12.1 Å². The molecule has 2 N–H and O–H groups in total. The predicted octanol–water partition coefficient (Wildman–Crippen LogP) is 1.55. The second-order valence-corrected chi connectivity index (χ2v) is 5.10. The SMILES string of the molecule is O=C(NCC1(O)CCCCC1)c1ccc(Cl)nn1. The highest BCUT2D eigenvalue weighted by molar-refractivity contribution is 6.29. The Bertz CT molecular complexity index is 416. The first-order valence-corrected chi connectivity index (χ1v) is 6.47. The van der Waals surface area contributed by atoms with Gasteiger partial charge in [-0.2, -0.15) is 0 Å². The van der Waals surface area contributed by atoms with E-state index in [1.54, 1.807) is 0 Å². The van der Waals surface area contributed by atoms with Crippen LogP contribution in [0.4, 0.5) is 0 Å². The second-order valence-electron chi connectivity index (χ2n) is 4.71. The summed E-state index contributed by atoms with van der Waals surface area (Å²) >= 11 is 5.59. The number of amides is 1. The molecule has 0 unspecified atom stereocenters. The van der Waals surface area contributed by atoms with Gasteiger partial charge < -0.3 is 10.4 Å². The molecule has 5 nitrogen and oxygen atoms in total. The molecule has 0 aliphatic heterocycles. The quantitative estimate of drug-likeness (QED) is 0.873. The van der Waals surface area contributed by atoms with Gasteiger partial charge in [-0.05, 0) is 25.0 Å². The number of halogens is 1. The van der Waals surface area contributed by atoms with Crippen molar-refractivity contribution in [3.05, 3.63) is 23.0 Å². The number of carbonyl (C=O) groups is 1. The summed E-state index contributed by atoms with van der Waals surface area (Å²) in [5.74, 6) is -0.335. The fourth-order valence-electron chi connectivity index (χ4n) is 2.16. The number of hydrogen-bond donors (Lipinski definition) is 2. The van der Waals surface area contributed by atoms with E-state index < -0.39 is 5.60 Å². The van der Waals surface area contributed by atoms with E-state index in [2.05, 4.69) is 15.5 Å². The third-order valence-corrected chi connectivity index (χ3v) is 3.43. The highest BCUT2D eigenvalue weighted by Crippen LogP contribution is 2.27. The molecule has 2 rings (SSSR count). The zero-order valence-corrected chi connectivity index (χ0v) is 10.8. The number of aromatic nitrogens is 2. The van der Waals surface area contributed by atoms with Crippen LogP contribution >= 0.6 is 11.6 Å². The van der Waals surface area contributed by atoms with Crippen molar-refractivity contribution in [2.75, 3.05) is 6.54 Å². The van der Waals surface area contributed by atoms with Gasteiger partial charge in [-0.25, -0.2) is 0 Å². The molecule has 0 radical (unpaired) electrons. The lowest BCUT2D eigenvalue weighted by Gasteiger charge is -2.31. The topological polar surface area (TPSA) is 75.1 Å². The number of nitrogens with zero attached hydrogens (tertiary/aromatic N) is 2. The number of rotatable bonds is 3. The largest absolute Gasteiger partial charge is 0.388 e. The van der Waals surface area contributed by atoms with E-state index in [4.69, 9.17) is 11.6 Å². The van der Waals surface area contributed by atoms with Crippen LogP contribution in [-0.4, -0.2) is 33.4 Å². The monoisotopic (exact) mass is 269 g/mol. The molecule has 6 heteroatoms. The van der Waals surface area contributed by atoms with Gasteiger partial charge >= 0.3 is 0 Å². The number of aliphatic hydroxyl groups is 1. The molecule has 0 spiro atoms. The van der Waals surface area contributed by atoms with Crippen molar-refractivity contribution in [1.82, 2.24) is 15.5 Å². The fourth-order valence-corrected chi connectivity index (χ4v) is 2.26. The van der Waals surface area contributed by atoms with Gasteiger partial charge in [0.1, 0.15) is 0 Å². The van der Waals surface area contributed by atoms with E-state index in [9.17, 15) is 9.90 Å². The van der Waals surface area contributed by atoms with Gasteiger partial charge in [0.05, 0.1) is 5.60 Å². The molecule has 1 aliphatic rings. The first-order chi connectivity index (χ1) is 8.59. The molecule has 1 saturated carbocycles. The summed E-state index contributed by atoms with van der Waals surface area (Å²) in [6.07, 6.45) is 4.64. The Morgan fingerprint density at radius 2 is 2.06 bits per heavy atom. The zero-order chi connectivity index (χ0) is 13.0. The average Bonchev–Trinajstić information content (AvgIpc) is 2.38. The Labute approximate surface area is 111 Å². The Balaban J connectivity index is 1.89. The molecule has 0 aromatic carbocycles. The van der Waals surface area contributed by atoms with Crippen molar-refractivity contribution in [2.24, 2.45) is 0 Å². The molecule has 18 heavy (non-hydrogen) atoms. The average molecular weight is 270 g/mol. The summed E-state index contributed by atoms with van der Waals surface area (Å²) in [6, 6.07) is 3.02. The Kier molecular flexibility index (Phi) is 4.14. The molecular formula is C12H16ClN3O2. The van der Waals surface area contributed by atoms with E-state index in [0.29, 0.717) is 0 Å². The van der Waals surface area contributed by atoms with Crippen LogP contribution in [0.3, 0.4) is 0 Å². The van der Waals surface area contributed by atoms with Crippen molar-refractivity contribution in [1.29, 1.82) is 0 Å². The van der Waals surface area contributed by atoms with Gasteiger partial charge in [0.25, 0.3) is 5.91 Å². The van der Waals surface area contributed by atoms with Crippen LogP contribution < -0.4 is 5.32 Å². The third kappa shape index (κ3) is 3.40. The van der Waals surface area contributed by atoms with E-state index in [1.807, 2.05) is 0 Å². The molecule has 1 heterocycles. The van der Waals surface area contributed by atoms with Crippen LogP contribution in [0.5, 0.6) is 0 Å². The standard InChI is InChI=1S/C12H16ClN3O2/c13-10-5-4-9(15-16-10)11(17)14-8-12(18)6-2-1-3-7-12/h4-5,18H,1-3,6-8H2,(H,14,17). The molecule has 1 aromatic rings. The molecule has 1 aromatic heterocycles. The molecule has 0 saturated heterocycles. The molecule has 1 amide bonds. The molecule has 1 aliphatic carbocycles. The maximum absolute atomic E-state index is 11.8. The Morgan fingerprint density at radius 3 is 2.67 bits per heavy atom. The van der Waals surface area contributed by atoms with E-state index in [0.717, 1.165) is 32.1 Å². The highest BCUT2D eigenvalue weighted by atomic mass is 35.5. The normalized spacial score (nSPS) is 18.3. The van der Waals surface area contributed by atoms with E-state index in [-0.39, 0.29) is 23.3 Å². The number of carbonyl (C=O) groups excluding carboxylic acids is 1. The van der Waals surface area contributed by atoms with Crippen LogP contribution in [0.2, 0.25) is 5.15 Å². The van der Waals surface area contributed by atoms with Gasteiger partial charge in [-0.1, -0.05) is 30.9 Å². The Morgan fingerprint density at radius 1 is 1.33 bits per heavy atom. The highest BCUT2D eigenvalue weighted by Gasteiger charge is 2.29. The third-order valence-electron chi connectivity index (χ3n) is 3.23. The van der Waals surface area contributed by atoms with Gasteiger partial charge in [-0.15, -0.1) is 10.2 Å². The second kappa shape index (κ2) is 5.63. The summed E-state index contributed by atoms with van der Waals surface area (Å²) < 4.78 is 0. The van der Waals surface area contributed by atoms with Crippen molar-refractivity contribution in [3.8, 4) is 0 Å². The Hall–Kier alpha value is -1.20. The fraction of sp³-hybridized carbons (Fsp3) is 0.583. The van der Waals surface area contributed by atoms with Gasteiger partial charge in [0, 0.05) is 6.54 Å². The lowest BCUT2D eigenvalue weighted by molar-refractivity contribution is 0.00520. The van der Waals surface area contributed by atoms with Gasteiger partial charge in [-0.3, -0.25) is 4.79 Å². The van der Waals surface area contributed by atoms with Crippen molar-refractivity contribution in [3.63, 3.8) is 0 Å². The molecular weight excluding hydrogens is 254 g/mol. The van der Waals surface area contributed by atoms with E-state index in [1.165, 1.54) is 12.1 Å². The summed E-state index contributed by atoms with van der Waals surface area (Å²) in [7, 11) is 0. The smallest absolute Gasteiger partial charge is 0.271 e. The number of hydrogen-bond acceptors (Lipinski definition) is 4. The molecule has 1 fully saturated rings. The molecule has 0 atom stereocenters. The summed E-state index contributed by atoms with van der Waals surface area (Å²) in [4.78, 5) is 11.8. The predicted molar refractivity (Wildman–Crippen MR) is 67.4 cm³/mol. The lowest BCUT2D eigenvalue weighted by atomic mass is 9.85. The molecule has 0 bridgehead atoms. The summed E-state index contributed by atoms with van der Waals surface area (Å²) in [5.41, 5.74) is -0.563. The van der Waals surface area contributed by atoms with Gasteiger partial charge in [0.2, 0.25) is 0 Å². The summed E-state index contributed by atoms with van der Waals surface area (Å²) in [5, 5.41) is 20.5. The zero-order valence-electron chi connectivity index (χ0n) is 10.0. The summed E-state index contributed by atoms with van der Waals surface area (Å²) in [6.45, 7) is 0.260. The van der Waals surface area contributed by atoms with Crippen LogP contribution in [0.1, 0.15) is 42.6 Å².